The third-order valence-corrected chi connectivity index (χ3v) is 4.61. The number of nitrogens with zero attached hydrogens (tertiary/aromatic N) is 1. The standard InChI is InChI=1S/C19H17F2NO3/c20-16-7-4-8-17(21)13(16)9-18(23)22-10-14(15(11-22)19(24)25)12-5-2-1-3-6-12/h1-8,14-15H,9-11H2,(H,24,25)/t14-,15-/m1/s1. The van der Waals surface area contributed by atoms with Crippen LogP contribution >= 0.6 is 0 Å². The van der Waals surface area contributed by atoms with Crippen LogP contribution in [0.1, 0.15) is 17.0 Å². The molecule has 1 aliphatic heterocycles. The van der Waals surface area contributed by atoms with Crippen molar-refractivity contribution in [1.82, 2.24) is 4.90 Å². The zero-order valence-corrected chi connectivity index (χ0v) is 13.4. The number of halogens is 2. The van der Waals surface area contributed by atoms with Gasteiger partial charge in [-0.15, -0.1) is 0 Å². The second-order valence-electron chi connectivity index (χ2n) is 6.14. The molecule has 0 aromatic heterocycles. The minimum Gasteiger partial charge on any atom is -0.481 e. The fourth-order valence-corrected chi connectivity index (χ4v) is 3.26. The van der Waals surface area contributed by atoms with E-state index >= 15 is 0 Å². The Morgan fingerprint density at radius 3 is 2.24 bits per heavy atom. The van der Waals surface area contributed by atoms with Crippen molar-refractivity contribution in [3.8, 4) is 0 Å². The van der Waals surface area contributed by atoms with Crippen LogP contribution in [0.3, 0.4) is 0 Å². The lowest BCUT2D eigenvalue weighted by molar-refractivity contribution is -0.141. The summed E-state index contributed by atoms with van der Waals surface area (Å²) in [6.07, 6.45) is -0.424. The third-order valence-electron chi connectivity index (χ3n) is 4.61. The monoisotopic (exact) mass is 345 g/mol. The Balaban J connectivity index is 1.79. The largest absolute Gasteiger partial charge is 0.481 e. The first-order valence-corrected chi connectivity index (χ1v) is 7.95. The Kier molecular flexibility index (Phi) is 4.79. The molecule has 1 heterocycles. The highest BCUT2D eigenvalue weighted by molar-refractivity contribution is 5.81. The third kappa shape index (κ3) is 3.52. The maximum atomic E-state index is 13.7. The van der Waals surface area contributed by atoms with Crippen LogP contribution in [-0.4, -0.2) is 35.0 Å². The molecule has 1 saturated heterocycles. The van der Waals surface area contributed by atoms with Crippen LogP contribution in [0.15, 0.2) is 48.5 Å². The van der Waals surface area contributed by atoms with Gasteiger partial charge in [0.1, 0.15) is 11.6 Å². The minimum absolute atomic E-state index is 0.0315. The molecule has 0 bridgehead atoms. The first-order valence-electron chi connectivity index (χ1n) is 7.95. The van der Waals surface area contributed by atoms with Crippen LogP contribution in [0.5, 0.6) is 0 Å². The van der Waals surface area contributed by atoms with E-state index in [2.05, 4.69) is 0 Å². The molecule has 3 rings (SSSR count). The number of carboxylic acid groups (broad SMARTS) is 1. The summed E-state index contributed by atoms with van der Waals surface area (Å²) in [6, 6.07) is 12.5. The van der Waals surface area contributed by atoms with E-state index in [4.69, 9.17) is 0 Å². The molecule has 0 saturated carbocycles. The summed E-state index contributed by atoms with van der Waals surface area (Å²) in [7, 11) is 0. The number of carbonyl (C=O) groups excluding carboxylic acids is 1. The summed E-state index contributed by atoms with van der Waals surface area (Å²) in [4.78, 5) is 25.4. The first-order chi connectivity index (χ1) is 12.0. The van der Waals surface area contributed by atoms with Crippen molar-refractivity contribution >= 4 is 11.9 Å². The van der Waals surface area contributed by atoms with Gasteiger partial charge in [-0.05, 0) is 17.7 Å². The molecule has 4 nitrogen and oxygen atoms in total. The van der Waals surface area contributed by atoms with Gasteiger partial charge in [-0.3, -0.25) is 9.59 Å². The smallest absolute Gasteiger partial charge is 0.308 e. The van der Waals surface area contributed by atoms with Gasteiger partial charge in [-0.2, -0.15) is 0 Å². The van der Waals surface area contributed by atoms with E-state index in [1.807, 2.05) is 30.3 Å². The summed E-state index contributed by atoms with van der Waals surface area (Å²) < 4.78 is 27.5. The highest BCUT2D eigenvalue weighted by Gasteiger charge is 2.40. The molecule has 1 aliphatic rings. The van der Waals surface area contributed by atoms with E-state index in [1.54, 1.807) is 0 Å². The van der Waals surface area contributed by atoms with E-state index in [1.165, 1.54) is 11.0 Å². The lowest BCUT2D eigenvalue weighted by atomic mass is 9.89. The van der Waals surface area contributed by atoms with Gasteiger partial charge in [-0.25, -0.2) is 8.78 Å². The number of likely N-dealkylation sites (tertiary alicyclic amines) is 1. The van der Waals surface area contributed by atoms with Gasteiger partial charge in [-0.1, -0.05) is 36.4 Å². The SMILES string of the molecule is O=C(O)[C@@H]1CN(C(=O)Cc2c(F)cccc2F)C[C@@H]1c1ccccc1. The topological polar surface area (TPSA) is 57.6 Å². The fraction of sp³-hybridized carbons (Fsp3) is 0.263. The predicted molar refractivity (Wildman–Crippen MR) is 87.0 cm³/mol. The van der Waals surface area contributed by atoms with Gasteiger partial charge < -0.3 is 10.0 Å². The molecule has 0 unspecified atom stereocenters. The number of aliphatic carboxylic acids is 1. The number of carbonyl (C=O) groups is 2. The highest BCUT2D eigenvalue weighted by Crippen LogP contribution is 2.33. The molecule has 130 valence electrons. The zero-order chi connectivity index (χ0) is 18.0. The van der Waals surface area contributed by atoms with Gasteiger partial charge in [0.05, 0.1) is 12.3 Å². The number of benzene rings is 2. The second kappa shape index (κ2) is 7.01. The number of carboxylic acids is 1. The number of hydrogen-bond acceptors (Lipinski definition) is 2. The normalized spacial score (nSPS) is 19.8. The maximum Gasteiger partial charge on any atom is 0.308 e. The van der Waals surface area contributed by atoms with Crippen molar-refractivity contribution in [2.75, 3.05) is 13.1 Å². The van der Waals surface area contributed by atoms with Crippen molar-refractivity contribution in [1.29, 1.82) is 0 Å². The molecule has 2 aromatic carbocycles. The van der Waals surface area contributed by atoms with Gasteiger partial charge in [0.15, 0.2) is 0 Å². The molecule has 1 N–H and O–H groups in total. The molecular weight excluding hydrogens is 328 g/mol. The Hall–Kier alpha value is -2.76. The van der Waals surface area contributed by atoms with Crippen LogP contribution in [0, 0.1) is 17.6 Å². The van der Waals surface area contributed by atoms with Gasteiger partial charge in [0.25, 0.3) is 0 Å². The molecule has 0 aliphatic carbocycles. The fourth-order valence-electron chi connectivity index (χ4n) is 3.26. The number of amides is 1. The van der Waals surface area contributed by atoms with Crippen LogP contribution in [-0.2, 0) is 16.0 Å². The lowest BCUT2D eigenvalue weighted by Crippen LogP contribution is -2.31. The molecule has 25 heavy (non-hydrogen) atoms. The Bertz CT molecular complexity index is 774. The maximum absolute atomic E-state index is 13.7. The van der Waals surface area contributed by atoms with Crippen LogP contribution < -0.4 is 0 Å². The summed E-state index contributed by atoms with van der Waals surface area (Å²) >= 11 is 0. The summed E-state index contributed by atoms with van der Waals surface area (Å²) in [5.41, 5.74) is 0.546. The van der Waals surface area contributed by atoms with Crippen molar-refractivity contribution in [3.05, 3.63) is 71.3 Å². The summed E-state index contributed by atoms with van der Waals surface area (Å²) in [5.74, 6) is -4.09. The molecule has 1 fully saturated rings. The second-order valence-corrected chi connectivity index (χ2v) is 6.14. The molecule has 1 amide bonds. The average Bonchev–Trinajstić information content (AvgIpc) is 3.05. The molecule has 0 radical (unpaired) electrons. The molecule has 2 aromatic rings. The van der Waals surface area contributed by atoms with Crippen LogP contribution in [0.4, 0.5) is 8.78 Å². The van der Waals surface area contributed by atoms with E-state index in [-0.39, 0.29) is 24.6 Å². The summed E-state index contributed by atoms with van der Waals surface area (Å²) in [5, 5.41) is 9.46. The van der Waals surface area contributed by atoms with E-state index in [9.17, 15) is 23.5 Å². The number of hydrogen-bond donors (Lipinski definition) is 1. The van der Waals surface area contributed by atoms with E-state index < -0.39 is 35.8 Å². The first kappa shape index (κ1) is 17.1. The van der Waals surface area contributed by atoms with E-state index in [0.29, 0.717) is 0 Å². The highest BCUT2D eigenvalue weighted by atomic mass is 19.1. The Labute approximate surface area is 143 Å². The van der Waals surface area contributed by atoms with Crippen molar-refractivity contribution in [3.63, 3.8) is 0 Å². The van der Waals surface area contributed by atoms with Crippen molar-refractivity contribution in [2.24, 2.45) is 5.92 Å². The van der Waals surface area contributed by atoms with Crippen LogP contribution in [0.25, 0.3) is 0 Å². The predicted octanol–water partition coefficient (Wildman–Crippen LogP) is 2.83. The molecule has 6 heteroatoms. The van der Waals surface area contributed by atoms with Gasteiger partial charge in [0, 0.05) is 24.6 Å². The van der Waals surface area contributed by atoms with E-state index in [0.717, 1.165) is 17.7 Å². The molecular formula is C19H17F2NO3. The average molecular weight is 345 g/mol. The zero-order valence-electron chi connectivity index (χ0n) is 13.4. The van der Waals surface area contributed by atoms with Crippen LogP contribution in [0.2, 0.25) is 0 Å². The Morgan fingerprint density at radius 2 is 1.64 bits per heavy atom. The number of rotatable bonds is 4. The lowest BCUT2D eigenvalue weighted by Gasteiger charge is -2.17. The van der Waals surface area contributed by atoms with Gasteiger partial charge >= 0.3 is 5.97 Å². The Morgan fingerprint density at radius 1 is 1.00 bits per heavy atom. The summed E-state index contributed by atoms with van der Waals surface area (Å²) in [6.45, 7) is 0.250. The quantitative estimate of drug-likeness (QED) is 0.927. The molecule has 2 atom stereocenters. The van der Waals surface area contributed by atoms with Crippen molar-refractivity contribution in [2.45, 2.75) is 12.3 Å². The van der Waals surface area contributed by atoms with Crippen molar-refractivity contribution < 1.29 is 23.5 Å². The van der Waals surface area contributed by atoms with Gasteiger partial charge in [0.2, 0.25) is 5.91 Å². The molecule has 0 spiro atoms. The minimum atomic E-state index is -0.985.